The van der Waals surface area contributed by atoms with E-state index in [-0.39, 0.29) is 18.5 Å². The molecule has 0 radical (unpaired) electrons. The van der Waals surface area contributed by atoms with Gasteiger partial charge in [-0.3, -0.25) is 5.41 Å². The summed E-state index contributed by atoms with van der Waals surface area (Å²) in [5.41, 5.74) is 5.84. The van der Waals surface area contributed by atoms with Gasteiger partial charge in [-0.05, 0) is 24.3 Å². The van der Waals surface area contributed by atoms with Gasteiger partial charge in [0.15, 0.2) is 0 Å². The van der Waals surface area contributed by atoms with Gasteiger partial charge < -0.3 is 20.7 Å². The zero-order chi connectivity index (χ0) is 12.8. The van der Waals surface area contributed by atoms with Crippen LogP contribution in [0.4, 0.5) is 10.5 Å². The quantitative estimate of drug-likeness (QED) is 0.540. The van der Waals surface area contributed by atoms with E-state index < -0.39 is 0 Å². The minimum Gasteiger partial charge on any atom is -0.486 e. The molecule has 0 aliphatic heterocycles. The molecule has 4 N–H and O–H groups in total. The van der Waals surface area contributed by atoms with E-state index in [1.807, 2.05) is 0 Å². The highest BCUT2D eigenvalue weighted by atomic mass is 16.5. The number of nitrogens with one attached hydrogen (secondary N) is 2. The molecule has 0 heterocycles. The summed E-state index contributed by atoms with van der Waals surface area (Å²) in [4.78, 5) is 12.8. The van der Waals surface area contributed by atoms with Crippen molar-refractivity contribution >= 4 is 17.6 Å². The molecule has 17 heavy (non-hydrogen) atoms. The number of nitrogens with two attached hydrogens (primary N) is 1. The molecule has 0 bridgehead atoms. The molecule has 1 aromatic rings. The van der Waals surface area contributed by atoms with Crippen LogP contribution < -0.4 is 15.8 Å². The summed E-state index contributed by atoms with van der Waals surface area (Å²) >= 11 is 0. The number of nitrogens with zero attached hydrogens (tertiary/aromatic N) is 1. The summed E-state index contributed by atoms with van der Waals surface area (Å²) in [6.45, 7) is 0.0589. The molecule has 0 atom stereocenters. The average molecular weight is 236 g/mol. The van der Waals surface area contributed by atoms with Gasteiger partial charge in [-0.25, -0.2) is 4.79 Å². The molecule has 6 heteroatoms. The monoisotopic (exact) mass is 236 g/mol. The number of hydrogen-bond donors (Lipinski definition) is 3. The van der Waals surface area contributed by atoms with Gasteiger partial charge in [0.05, 0.1) is 0 Å². The Labute approximate surface area is 99.9 Å². The van der Waals surface area contributed by atoms with Crippen molar-refractivity contribution in [2.24, 2.45) is 5.73 Å². The van der Waals surface area contributed by atoms with Gasteiger partial charge in [0, 0.05) is 19.8 Å². The molecule has 0 saturated carbocycles. The number of urea groups is 1. The molecule has 0 fully saturated rings. The van der Waals surface area contributed by atoms with Gasteiger partial charge in [-0.1, -0.05) is 0 Å². The Bertz CT molecular complexity index is 400. The van der Waals surface area contributed by atoms with E-state index in [1.54, 1.807) is 38.4 Å². The van der Waals surface area contributed by atoms with Crippen LogP contribution in [0.1, 0.15) is 0 Å². The Kier molecular flexibility index (Phi) is 4.33. The lowest BCUT2D eigenvalue weighted by Gasteiger charge is -2.12. The van der Waals surface area contributed by atoms with Crippen LogP contribution in [0.15, 0.2) is 24.3 Å². The summed E-state index contributed by atoms with van der Waals surface area (Å²) in [5.74, 6) is 0.568. The number of rotatable bonds is 4. The molecule has 1 aromatic carbocycles. The van der Waals surface area contributed by atoms with E-state index in [4.69, 9.17) is 15.9 Å². The number of carbonyl (C=O) groups is 1. The van der Waals surface area contributed by atoms with Crippen LogP contribution in [0.2, 0.25) is 0 Å². The number of anilines is 1. The lowest BCUT2D eigenvalue weighted by molar-refractivity contribution is 0.230. The summed E-state index contributed by atoms with van der Waals surface area (Å²) in [7, 11) is 3.33. The third-order valence-corrected chi connectivity index (χ3v) is 1.91. The van der Waals surface area contributed by atoms with E-state index in [0.29, 0.717) is 11.4 Å². The maximum absolute atomic E-state index is 11.4. The van der Waals surface area contributed by atoms with Gasteiger partial charge in [0.1, 0.15) is 18.2 Å². The summed E-state index contributed by atoms with van der Waals surface area (Å²) in [6.07, 6.45) is 0. The SMILES string of the molecule is CN(C)C(=O)Nc1ccc(OCC(=N)N)cc1. The highest BCUT2D eigenvalue weighted by Crippen LogP contribution is 2.15. The summed E-state index contributed by atoms with van der Waals surface area (Å²) < 4.78 is 5.20. The van der Waals surface area contributed by atoms with E-state index >= 15 is 0 Å². The Morgan fingerprint density at radius 2 is 2.00 bits per heavy atom. The smallest absolute Gasteiger partial charge is 0.321 e. The first kappa shape index (κ1) is 12.8. The van der Waals surface area contributed by atoms with Crippen molar-refractivity contribution in [1.82, 2.24) is 4.90 Å². The highest BCUT2D eigenvalue weighted by molar-refractivity contribution is 5.88. The van der Waals surface area contributed by atoms with Gasteiger partial charge in [-0.15, -0.1) is 0 Å². The van der Waals surface area contributed by atoms with Crippen LogP contribution in [0, 0.1) is 5.41 Å². The van der Waals surface area contributed by atoms with Gasteiger partial charge in [-0.2, -0.15) is 0 Å². The summed E-state index contributed by atoms with van der Waals surface area (Å²) in [5, 5.41) is 9.71. The first-order valence-electron chi connectivity index (χ1n) is 5.03. The van der Waals surface area contributed by atoms with Crippen molar-refractivity contribution in [3.8, 4) is 5.75 Å². The Hall–Kier alpha value is -2.24. The van der Waals surface area contributed by atoms with Crippen LogP contribution >= 0.6 is 0 Å². The van der Waals surface area contributed by atoms with Crippen molar-refractivity contribution in [3.63, 3.8) is 0 Å². The minimum atomic E-state index is -0.192. The van der Waals surface area contributed by atoms with Crippen molar-refractivity contribution in [1.29, 1.82) is 5.41 Å². The maximum Gasteiger partial charge on any atom is 0.321 e. The van der Waals surface area contributed by atoms with Gasteiger partial charge >= 0.3 is 6.03 Å². The molecule has 6 nitrogen and oxygen atoms in total. The number of amides is 2. The predicted molar refractivity (Wildman–Crippen MR) is 66.6 cm³/mol. The first-order valence-corrected chi connectivity index (χ1v) is 5.03. The molecule has 0 aromatic heterocycles. The van der Waals surface area contributed by atoms with Crippen LogP contribution in [-0.2, 0) is 0 Å². The zero-order valence-electron chi connectivity index (χ0n) is 9.86. The molecular formula is C11H16N4O2. The lowest BCUT2D eigenvalue weighted by atomic mass is 10.3. The second-order valence-corrected chi connectivity index (χ2v) is 3.66. The predicted octanol–water partition coefficient (Wildman–Crippen LogP) is 1.09. The number of hydrogen-bond acceptors (Lipinski definition) is 3. The molecule has 0 aliphatic carbocycles. The van der Waals surface area contributed by atoms with Crippen molar-refractivity contribution in [2.75, 3.05) is 26.0 Å². The van der Waals surface area contributed by atoms with E-state index in [9.17, 15) is 4.79 Å². The van der Waals surface area contributed by atoms with Crippen molar-refractivity contribution in [3.05, 3.63) is 24.3 Å². The fraction of sp³-hybridized carbons (Fsp3) is 0.273. The fourth-order valence-corrected chi connectivity index (χ4v) is 1.03. The Balaban J connectivity index is 2.56. The maximum atomic E-state index is 11.4. The van der Waals surface area contributed by atoms with Crippen LogP contribution in [0.5, 0.6) is 5.75 Å². The molecule has 0 unspecified atom stereocenters. The molecule has 0 saturated heterocycles. The van der Waals surface area contributed by atoms with Crippen molar-refractivity contribution in [2.45, 2.75) is 0 Å². The normalized spacial score (nSPS) is 9.53. The Morgan fingerprint density at radius 1 is 1.41 bits per heavy atom. The van der Waals surface area contributed by atoms with Gasteiger partial charge in [0.2, 0.25) is 0 Å². The molecule has 2 amide bonds. The standard InChI is InChI=1S/C11H16N4O2/c1-15(2)11(16)14-8-3-5-9(6-4-8)17-7-10(12)13/h3-6H,7H2,1-2H3,(H3,12,13)(H,14,16). The van der Waals surface area contributed by atoms with E-state index in [1.165, 1.54) is 4.90 Å². The fourth-order valence-electron chi connectivity index (χ4n) is 1.03. The van der Waals surface area contributed by atoms with Gasteiger partial charge in [0.25, 0.3) is 0 Å². The largest absolute Gasteiger partial charge is 0.486 e. The number of carbonyl (C=O) groups excluding carboxylic acids is 1. The highest BCUT2D eigenvalue weighted by Gasteiger charge is 2.03. The van der Waals surface area contributed by atoms with E-state index in [2.05, 4.69) is 5.32 Å². The third-order valence-electron chi connectivity index (χ3n) is 1.91. The van der Waals surface area contributed by atoms with E-state index in [0.717, 1.165) is 0 Å². The average Bonchev–Trinajstić information content (AvgIpc) is 2.28. The van der Waals surface area contributed by atoms with Crippen LogP contribution in [-0.4, -0.2) is 37.5 Å². The molecule has 1 rings (SSSR count). The lowest BCUT2D eigenvalue weighted by Crippen LogP contribution is -2.27. The number of benzene rings is 1. The topological polar surface area (TPSA) is 91.4 Å². The second kappa shape index (κ2) is 5.74. The second-order valence-electron chi connectivity index (χ2n) is 3.66. The Morgan fingerprint density at radius 3 is 2.47 bits per heavy atom. The minimum absolute atomic E-state index is 0.0324. The molecule has 0 spiro atoms. The molecule has 0 aliphatic rings. The first-order chi connectivity index (χ1) is 7.99. The molecular weight excluding hydrogens is 220 g/mol. The number of amidine groups is 1. The number of ether oxygens (including phenoxy) is 1. The van der Waals surface area contributed by atoms with Crippen LogP contribution in [0.3, 0.4) is 0 Å². The van der Waals surface area contributed by atoms with Crippen LogP contribution in [0.25, 0.3) is 0 Å². The third kappa shape index (κ3) is 4.42. The summed E-state index contributed by atoms with van der Waals surface area (Å²) in [6, 6.07) is 6.65. The molecule has 92 valence electrons. The zero-order valence-corrected chi connectivity index (χ0v) is 9.86. The van der Waals surface area contributed by atoms with Crippen molar-refractivity contribution < 1.29 is 9.53 Å².